The van der Waals surface area contributed by atoms with Crippen molar-refractivity contribution in [1.82, 2.24) is 0 Å². The molecule has 0 bridgehead atoms. The van der Waals surface area contributed by atoms with Crippen LogP contribution < -0.4 is 5.32 Å². The zero-order valence-corrected chi connectivity index (χ0v) is 10.8. The Morgan fingerprint density at radius 1 is 1.53 bits per heavy atom. The third-order valence-electron chi connectivity index (χ3n) is 2.05. The standard InChI is InChI=1S/C10H11FINO4/c11-8-7(12)2-1-6(10(16)17)9(8)13-3-5(15)4-14/h1-2,5,13-15H,3-4H2,(H,16,17). The Balaban J connectivity index is 3.02. The molecule has 0 heterocycles. The summed E-state index contributed by atoms with van der Waals surface area (Å²) in [4.78, 5) is 10.9. The molecule has 0 aliphatic carbocycles. The molecular weight excluding hydrogens is 344 g/mol. The van der Waals surface area contributed by atoms with Gasteiger partial charge in [0.25, 0.3) is 0 Å². The van der Waals surface area contributed by atoms with E-state index in [9.17, 15) is 9.18 Å². The maximum atomic E-state index is 13.7. The number of halogens is 2. The maximum Gasteiger partial charge on any atom is 0.337 e. The van der Waals surface area contributed by atoms with Gasteiger partial charge in [0.15, 0.2) is 5.82 Å². The number of benzene rings is 1. The van der Waals surface area contributed by atoms with Gasteiger partial charge in [-0.1, -0.05) is 0 Å². The molecule has 5 nitrogen and oxygen atoms in total. The summed E-state index contributed by atoms with van der Waals surface area (Å²) in [6, 6.07) is 2.63. The number of aromatic carboxylic acids is 1. The number of hydrogen-bond acceptors (Lipinski definition) is 4. The van der Waals surface area contributed by atoms with E-state index in [4.69, 9.17) is 15.3 Å². The molecule has 0 fully saturated rings. The lowest BCUT2D eigenvalue weighted by molar-refractivity contribution is 0.0697. The van der Waals surface area contributed by atoms with Crippen LogP contribution in [0.2, 0.25) is 0 Å². The summed E-state index contributed by atoms with van der Waals surface area (Å²) in [5.74, 6) is -1.95. The number of nitrogens with one attached hydrogen (secondary N) is 1. The molecule has 17 heavy (non-hydrogen) atoms. The summed E-state index contributed by atoms with van der Waals surface area (Å²) in [7, 11) is 0. The van der Waals surface area contributed by atoms with E-state index in [-0.39, 0.29) is 21.4 Å². The molecule has 0 aliphatic rings. The highest BCUT2D eigenvalue weighted by molar-refractivity contribution is 14.1. The average Bonchev–Trinajstić information content (AvgIpc) is 2.30. The van der Waals surface area contributed by atoms with Crippen LogP contribution in [0.15, 0.2) is 12.1 Å². The van der Waals surface area contributed by atoms with Gasteiger partial charge in [-0.3, -0.25) is 0 Å². The molecule has 94 valence electrons. The minimum Gasteiger partial charge on any atom is -0.478 e. The van der Waals surface area contributed by atoms with Gasteiger partial charge in [-0.2, -0.15) is 0 Å². The van der Waals surface area contributed by atoms with Crippen LogP contribution in [0.5, 0.6) is 0 Å². The van der Waals surface area contributed by atoms with Crippen molar-refractivity contribution in [3.8, 4) is 0 Å². The molecule has 1 rings (SSSR count). The van der Waals surface area contributed by atoms with Gasteiger partial charge in [0.1, 0.15) is 0 Å². The van der Waals surface area contributed by atoms with E-state index in [1.807, 2.05) is 0 Å². The lowest BCUT2D eigenvalue weighted by atomic mass is 10.1. The number of carbonyl (C=O) groups is 1. The zero-order chi connectivity index (χ0) is 13.0. The van der Waals surface area contributed by atoms with Crippen LogP contribution in [-0.2, 0) is 0 Å². The molecule has 7 heteroatoms. The first-order chi connectivity index (χ1) is 7.97. The molecule has 4 N–H and O–H groups in total. The van der Waals surface area contributed by atoms with Crippen molar-refractivity contribution in [2.45, 2.75) is 6.10 Å². The van der Waals surface area contributed by atoms with Crippen molar-refractivity contribution < 1.29 is 24.5 Å². The first-order valence-corrected chi connectivity index (χ1v) is 5.79. The molecule has 0 saturated heterocycles. The van der Waals surface area contributed by atoms with E-state index in [1.165, 1.54) is 12.1 Å². The van der Waals surface area contributed by atoms with Gasteiger partial charge in [0.05, 0.1) is 27.5 Å². The molecule has 1 aromatic rings. The highest BCUT2D eigenvalue weighted by Crippen LogP contribution is 2.24. The predicted molar refractivity (Wildman–Crippen MR) is 67.7 cm³/mol. The van der Waals surface area contributed by atoms with Crippen molar-refractivity contribution in [3.63, 3.8) is 0 Å². The molecule has 0 saturated carbocycles. The largest absolute Gasteiger partial charge is 0.478 e. The summed E-state index contributed by atoms with van der Waals surface area (Å²) < 4.78 is 14.0. The summed E-state index contributed by atoms with van der Waals surface area (Å²) in [5.41, 5.74) is -0.398. The van der Waals surface area contributed by atoms with E-state index >= 15 is 0 Å². The van der Waals surface area contributed by atoms with Crippen LogP contribution in [0.3, 0.4) is 0 Å². The van der Waals surface area contributed by atoms with Gasteiger partial charge in [-0.05, 0) is 34.7 Å². The van der Waals surface area contributed by atoms with Gasteiger partial charge in [0.2, 0.25) is 0 Å². The molecule has 1 atom stereocenters. The minimum absolute atomic E-state index is 0.131. The second kappa shape index (κ2) is 6.12. The van der Waals surface area contributed by atoms with E-state index in [2.05, 4.69) is 5.32 Å². The molecule has 0 aliphatic heterocycles. The highest BCUT2D eigenvalue weighted by Gasteiger charge is 2.17. The molecule has 0 amide bonds. The summed E-state index contributed by atoms with van der Waals surface area (Å²) >= 11 is 1.74. The van der Waals surface area contributed by atoms with Crippen LogP contribution in [0.1, 0.15) is 10.4 Å². The van der Waals surface area contributed by atoms with E-state index < -0.39 is 24.5 Å². The van der Waals surface area contributed by atoms with Crippen LogP contribution in [-0.4, -0.2) is 40.5 Å². The topological polar surface area (TPSA) is 89.8 Å². The van der Waals surface area contributed by atoms with Crippen molar-refractivity contribution >= 4 is 34.2 Å². The normalized spacial score (nSPS) is 12.2. The average molecular weight is 355 g/mol. The van der Waals surface area contributed by atoms with Gasteiger partial charge in [0, 0.05) is 6.54 Å². The minimum atomic E-state index is -1.26. The van der Waals surface area contributed by atoms with Crippen LogP contribution >= 0.6 is 22.6 Å². The summed E-state index contributed by atoms with van der Waals surface area (Å²) in [5, 5.41) is 29.1. The first-order valence-electron chi connectivity index (χ1n) is 4.71. The van der Waals surface area contributed by atoms with Crippen LogP contribution in [0.4, 0.5) is 10.1 Å². The lowest BCUT2D eigenvalue weighted by Gasteiger charge is -2.13. The number of aliphatic hydroxyl groups is 2. The van der Waals surface area contributed by atoms with Crippen molar-refractivity contribution in [2.24, 2.45) is 0 Å². The SMILES string of the molecule is O=C(O)c1ccc(I)c(F)c1NCC(O)CO. The third kappa shape index (κ3) is 3.51. The molecule has 1 unspecified atom stereocenters. The molecule has 0 aromatic heterocycles. The number of carboxylic acid groups (broad SMARTS) is 1. The van der Waals surface area contributed by atoms with Crippen molar-refractivity contribution in [2.75, 3.05) is 18.5 Å². The smallest absolute Gasteiger partial charge is 0.337 e. The number of carboxylic acids is 1. The number of anilines is 1. The van der Waals surface area contributed by atoms with Gasteiger partial charge >= 0.3 is 5.97 Å². The van der Waals surface area contributed by atoms with Gasteiger partial charge < -0.3 is 20.6 Å². The molecule has 0 spiro atoms. The molecule has 0 radical (unpaired) electrons. The second-order valence-electron chi connectivity index (χ2n) is 3.31. The third-order valence-corrected chi connectivity index (χ3v) is 2.88. The second-order valence-corrected chi connectivity index (χ2v) is 4.47. The Bertz CT molecular complexity index is 427. The maximum absolute atomic E-state index is 13.7. The van der Waals surface area contributed by atoms with Crippen molar-refractivity contribution in [1.29, 1.82) is 0 Å². The number of rotatable bonds is 5. The van der Waals surface area contributed by atoms with Crippen LogP contribution in [0, 0.1) is 9.39 Å². The fraction of sp³-hybridized carbons (Fsp3) is 0.300. The fourth-order valence-corrected chi connectivity index (χ4v) is 1.64. The fourth-order valence-electron chi connectivity index (χ4n) is 1.19. The Hall–Kier alpha value is -0.930. The van der Waals surface area contributed by atoms with E-state index in [0.717, 1.165) is 0 Å². The quantitative estimate of drug-likeness (QED) is 0.590. The Morgan fingerprint density at radius 2 is 2.18 bits per heavy atom. The number of aliphatic hydroxyl groups excluding tert-OH is 2. The summed E-state index contributed by atoms with van der Waals surface area (Å²) in [6.07, 6.45) is -1.08. The Kier molecular flexibility index (Phi) is 5.09. The Morgan fingerprint density at radius 3 is 2.71 bits per heavy atom. The summed E-state index contributed by atoms with van der Waals surface area (Å²) in [6.45, 7) is -0.616. The zero-order valence-electron chi connectivity index (χ0n) is 8.65. The highest BCUT2D eigenvalue weighted by atomic mass is 127. The van der Waals surface area contributed by atoms with Gasteiger partial charge in [-0.15, -0.1) is 0 Å². The van der Waals surface area contributed by atoms with Gasteiger partial charge in [-0.25, -0.2) is 9.18 Å². The molecular formula is C10H11FINO4. The Labute approximate surface area is 110 Å². The van der Waals surface area contributed by atoms with E-state index in [0.29, 0.717) is 0 Å². The lowest BCUT2D eigenvalue weighted by Crippen LogP contribution is -2.24. The monoisotopic (exact) mass is 355 g/mol. The first kappa shape index (κ1) is 14.1. The predicted octanol–water partition coefficient (Wildman–Crippen LogP) is 0.894. The number of hydrogen-bond donors (Lipinski definition) is 4. The van der Waals surface area contributed by atoms with E-state index in [1.54, 1.807) is 22.6 Å². The van der Waals surface area contributed by atoms with Crippen LogP contribution in [0.25, 0.3) is 0 Å². The van der Waals surface area contributed by atoms with Crippen molar-refractivity contribution in [3.05, 3.63) is 27.1 Å². The molecule has 1 aromatic carbocycles.